The van der Waals surface area contributed by atoms with Crippen LogP contribution >= 0.6 is 0 Å². The highest BCUT2D eigenvalue weighted by atomic mass is 16.6. The van der Waals surface area contributed by atoms with Crippen molar-refractivity contribution in [3.63, 3.8) is 0 Å². The molecule has 0 spiro atoms. The lowest BCUT2D eigenvalue weighted by Crippen LogP contribution is -2.48. The molecule has 0 radical (unpaired) electrons. The fourth-order valence-corrected chi connectivity index (χ4v) is 1.95. The third kappa shape index (κ3) is 4.64. The van der Waals surface area contributed by atoms with Crippen LogP contribution in [0.25, 0.3) is 0 Å². The number of ketones is 1. The SMILES string of the molecule is CCC(NC(=O)OC(C)(C)C)C1COCCC1=O. The van der Waals surface area contributed by atoms with Crippen LogP contribution in [0.3, 0.4) is 0 Å². The molecule has 104 valence electrons. The third-order valence-corrected chi connectivity index (χ3v) is 2.83. The number of rotatable bonds is 3. The normalized spacial score (nSPS) is 22.4. The highest BCUT2D eigenvalue weighted by Gasteiger charge is 2.31. The average Bonchev–Trinajstić information content (AvgIpc) is 2.24. The molecule has 5 heteroatoms. The number of carbonyl (C=O) groups is 2. The van der Waals surface area contributed by atoms with Gasteiger partial charge in [0.2, 0.25) is 0 Å². The van der Waals surface area contributed by atoms with E-state index in [1.165, 1.54) is 0 Å². The number of nitrogens with one attached hydrogen (secondary N) is 1. The lowest BCUT2D eigenvalue weighted by atomic mass is 9.91. The van der Waals surface area contributed by atoms with E-state index in [2.05, 4.69) is 5.32 Å². The summed E-state index contributed by atoms with van der Waals surface area (Å²) in [4.78, 5) is 23.5. The second-order valence-electron chi connectivity index (χ2n) is 5.56. The van der Waals surface area contributed by atoms with Gasteiger partial charge in [0.25, 0.3) is 0 Å². The molecule has 0 saturated carbocycles. The molecule has 1 rings (SSSR count). The molecule has 2 unspecified atom stereocenters. The van der Waals surface area contributed by atoms with Crippen LogP contribution in [0.15, 0.2) is 0 Å². The summed E-state index contributed by atoms with van der Waals surface area (Å²) in [5.41, 5.74) is -0.532. The molecule has 1 amide bonds. The maximum absolute atomic E-state index is 11.8. The lowest BCUT2D eigenvalue weighted by Gasteiger charge is -2.30. The van der Waals surface area contributed by atoms with Crippen molar-refractivity contribution in [1.29, 1.82) is 0 Å². The summed E-state index contributed by atoms with van der Waals surface area (Å²) >= 11 is 0. The van der Waals surface area contributed by atoms with Crippen molar-refractivity contribution in [3.05, 3.63) is 0 Å². The predicted octanol–water partition coefficient (Wildman–Crippen LogP) is 1.90. The smallest absolute Gasteiger partial charge is 0.407 e. The molecule has 0 aliphatic carbocycles. The van der Waals surface area contributed by atoms with Crippen molar-refractivity contribution < 1.29 is 19.1 Å². The molecule has 2 atom stereocenters. The van der Waals surface area contributed by atoms with E-state index in [0.717, 1.165) is 0 Å². The van der Waals surface area contributed by atoms with Crippen LogP contribution in [0, 0.1) is 5.92 Å². The first-order chi connectivity index (χ1) is 8.33. The van der Waals surface area contributed by atoms with Gasteiger partial charge in [-0.25, -0.2) is 4.79 Å². The van der Waals surface area contributed by atoms with E-state index in [1.807, 2.05) is 27.7 Å². The van der Waals surface area contributed by atoms with Gasteiger partial charge in [-0.05, 0) is 27.2 Å². The quantitative estimate of drug-likeness (QED) is 0.838. The zero-order valence-electron chi connectivity index (χ0n) is 11.6. The van der Waals surface area contributed by atoms with Gasteiger partial charge < -0.3 is 14.8 Å². The van der Waals surface area contributed by atoms with Crippen LogP contribution in [0.5, 0.6) is 0 Å². The van der Waals surface area contributed by atoms with Crippen LogP contribution < -0.4 is 5.32 Å². The Bertz CT molecular complexity index is 309. The number of amides is 1. The Labute approximate surface area is 108 Å². The van der Waals surface area contributed by atoms with Crippen molar-refractivity contribution in [2.45, 2.75) is 52.2 Å². The van der Waals surface area contributed by atoms with Crippen LogP contribution in [-0.4, -0.2) is 36.7 Å². The van der Waals surface area contributed by atoms with Crippen molar-refractivity contribution in [3.8, 4) is 0 Å². The third-order valence-electron chi connectivity index (χ3n) is 2.83. The van der Waals surface area contributed by atoms with Gasteiger partial charge in [0, 0.05) is 12.5 Å². The standard InChI is InChI=1S/C13H23NO4/c1-5-10(9-8-17-7-6-11(9)15)14-12(16)18-13(2,3)4/h9-10H,5-8H2,1-4H3,(H,14,16). The molecule has 18 heavy (non-hydrogen) atoms. The molecule has 1 aliphatic rings. The number of hydrogen-bond donors (Lipinski definition) is 1. The molecule has 0 aromatic rings. The van der Waals surface area contributed by atoms with Crippen molar-refractivity contribution in [1.82, 2.24) is 5.32 Å². The average molecular weight is 257 g/mol. The monoisotopic (exact) mass is 257 g/mol. The first-order valence-corrected chi connectivity index (χ1v) is 6.43. The highest BCUT2D eigenvalue weighted by Crippen LogP contribution is 2.17. The predicted molar refractivity (Wildman–Crippen MR) is 67.4 cm³/mol. The first kappa shape index (κ1) is 15.0. The minimum Gasteiger partial charge on any atom is -0.444 e. The summed E-state index contributed by atoms with van der Waals surface area (Å²) in [6, 6.07) is -0.215. The van der Waals surface area contributed by atoms with Gasteiger partial charge in [0.05, 0.1) is 19.1 Å². The van der Waals surface area contributed by atoms with Gasteiger partial charge >= 0.3 is 6.09 Å². The van der Waals surface area contributed by atoms with Gasteiger partial charge in [-0.2, -0.15) is 0 Å². The first-order valence-electron chi connectivity index (χ1n) is 6.43. The van der Waals surface area contributed by atoms with Gasteiger partial charge in [0.15, 0.2) is 0 Å². The van der Waals surface area contributed by atoms with Crippen molar-refractivity contribution in [2.24, 2.45) is 5.92 Å². The summed E-state index contributed by atoms with van der Waals surface area (Å²) in [6.07, 6.45) is 0.628. The minimum absolute atomic E-state index is 0.157. The molecule has 1 heterocycles. The summed E-state index contributed by atoms with van der Waals surface area (Å²) in [5.74, 6) is -0.0968. The Morgan fingerprint density at radius 2 is 2.22 bits per heavy atom. The molecule has 0 aromatic carbocycles. The molecule has 1 saturated heterocycles. The number of alkyl carbamates (subject to hydrolysis) is 1. The number of carbonyl (C=O) groups excluding carboxylic acids is 2. The second-order valence-corrected chi connectivity index (χ2v) is 5.56. The van der Waals surface area contributed by atoms with Gasteiger partial charge in [-0.3, -0.25) is 4.79 Å². The largest absolute Gasteiger partial charge is 0.444 e. The van der Waals surface area contributed by atoms with E-state index in [1.54, 1.807) is 0 Å². The van der Waals surface area contributed by atoms with E-state index >= 15 is 0 Å². The van der Waals surface area contributed by atoms with Crippen LogP contribution in [0.2, 0.25) is 0 Å². The highest BCUT2D eigenvalue weighted by molar-refractivity contribution is 5.83. The number of Topliss-reactive ketones (excluding diaryl/α,β-unsaturated/α-hetero) is 1. The molecule has 1 fully saturated rings. The van der Waals surface area contributed by atoms with E-state index in [-0.39, 0.29) is 17.7 Å². The van der Waals surface area contributed by atoms with Crippen molar-refractivity contribution in [2.75, 3.05) is 13.2 Å². The lowest BCUT2D eigenvalue weighted by molar-refractivity contribution is -0.131. The Kier molecular flexibility index (Phi) is 5.14. The molecular formula is C13H23NO4. The molecule has 0 aromatic heterocycles. The van der Waals surface area contributed by atoms with E-state index in [4.69, 9.17) is 9.47 Å². The van der Waals surface area contributed by atoms with Gasteiger partial charge in [0.1, 0.15) is 11.4 Å². The van der Waals surface area contributed by atoms with E-state index in [0.29, 0.717) is 26.1 Å². The zero-order valence-corrected chi connectivity index (χ0v) is 11.6. The maximum atomic E-state index is 11.8. The van der Waals surface area contributed by atoms with E-state index in [9.17, 15) is 9.59 Å². The Morgan fingerprint density at radius 1 is 1.56 bits per heavy atom. The number of ether oxygens (including phenoxy) is 2. The summed E-state index contributed by atoms with van der Waals surface area (Å²) < 4.78 is 10.5. The Hall–Kier alpha value is -1.10. The Morgan fingerprint density at radius 3 is 2.72 bits per heavy atom. The topological polar surface area (TPSA) is 64.6 Å². The van der Waals surface area contributed by atoms with Crippen LogP contribution in [-0.2, 0) is 14.3 Å². The fraction of sp³-hybridized carbons (Fsp3) is 0.846. The molecule has 5 nitrogen and oxygen atoms in total. The van der Waals surface area contributed by atoms with Crippen LogP contribution in [0.4, 0.5) is 4.79 Å². The molecule has 1 aliphatic heterocycles. The van der Waals surface area contributed by atoms with Crippen molar-refractivity contribution >= 4 is 11.9 Å². The van der Waals surface area contributed by atoms with E-state index < -0.39 is 11.7 Å². The summed E-state index contributed by atoms with van der Waals surface area (Å²) in [5, 5.41) is 2.76. The maximum Gasteiger partial charge on any atom is 0.407 e. The minimum atomic E-state index is -0.532. The van der Waals surface area contributed by atoms with Gasteiger partial charge in [-0.1, -0.05) is 6.92 Å². The molecule has 1 N–H and O–H groups in total. The number of hydrogen-bond acceptors (Lipinski definition) is 4. The second kappa shape index (κ2) is 6.18. The fourth-order valence-electron chi connectivity index (χ4n) is 1.95. The zero-order chi connectivity index (χ0) is 13.8. The summed E-state index contributed by atoms with van der Waals surface area (Å²) in [6.45, 7) is 8.22. The molecular weight excluding hydrogens is 234 g/mol. The summed E-state index contributed by atoms with van der Waals surface area (Å²) in [7, 11) is 0. The Balaban J connectivity index is 2.55. The molecule has 0 bridgehead atoms. The van der Waals surface area contributed by atoms with Crippen LogP contribution in [0.1, 0.15) is 40.5 Å². The van der Waals surface area contributed by atoms with Gasteiger partial charge in [-0.15, -0.1) is 0 Å².